The maximum absolute atomic E-state index is 12.8. The van der Waals surface area contributed by atoms with Gasteiger partial charge in [0.15, 0.2) is 0 Å². The first-order chi connectivity index (χ1) is 15.2. The van der Waals surface area contributed by atoms with Crippen molar-refractivity contribution in [1.82, 2.24) is 4.72 Å². The van der Waals surface area contributed by atoms with Crippen LogP contribution in [0.25, 0.3) is 0 Å². The summed E-state index contributed by atoms with van der Waals surface area (Å²) < 4.78 is 33.7. The number of carbonyl (C=O) groups excluding carboxylic acids is 1. The van der Waals surface area contributed by atoms with Crippen LogP contribution in [-0.2, 0) is 16.6 Å². The number of hydrogen-bond acceptors (Lipinski definition) is 4. The molecule has 7 heteroatoms. The van der Waals surface area contributed by atoms with E-state index in [-0.39, 0.29) is 12.5 Å². The van der Waals surface area contributed by atoms with E-state index < -0.39 is 15.3 Å². The van der Waals surface area contributed by atoms with E-state index in [4.69, 9.17) is 4.74 Å². The second-order valence-corrected chi connectivity index (χ2v) is 9.79. The van der Waals surface area contributed by atoms with E-state index in [2.05, 4.69) is 10.0 Å². The van der Waals surface area contributed by atoms with Crippen LogP contribution >= 0.6 is 0 Å². The highest BCUT2D eigenvalue weighted by molar-refractivity contribution is 7.89. The van der Waals surface area contributed by atoms with Crippen molar-refractivity contribution in [2.45, 2.75) is 32.6 Å². The minimum atomic E-state index is -3.59. The average molecular weight is 453 g/mol. The standard InChI is InChI=1S/C25H28N2O4S/c1-17-10-12-22(14-18(17)2)19(3)32(29,30)26-16-20-11-13-23(24(15-20)31-4)27-25(28)21-8-6-5-7-9-21/h5-15,19,26H,16H2,1-4H3,(H,27,28). The smallest absolute Gasteiger partial charge is 0.255 e. The van der Waals surface area contributed by atoms with Gasteiger partial charge in [-0.2, -0.15) is 0 Å². The van der Waals surface area contributed by atoms with Gasteiger partial charge in [0.2, 0.25) is 10.0 Å². The van der Waals surface area contributed by atoms with Gasteiger partial charge in [0.25, 0.3) is 5.91 Å². The Bertz CT molecular complexity index is 1210. The molecule has 168 valence electrons. The van der Waals surface area contributed by atoms with Crippen molar-refractivity contribution in [1.29, 1.82) is 0 Å². The van der Waals surface area contributed by atoms with Gasteiger partial charge >= 0.3 is 0 Å². The van der Waals surface area contributed by atoms with Gasteiger partial charge in [-0.05, 0) is 67.3 Å². The third-order valence-electron chi connectivity index (χ3n) is 5.49. The molecule has 0 bridgehead atoms. The summed E-state index contributed by atoms with van der Waals surface area (Å²) >= 11 is 0. The number of aryl methyl sites for hydroxylation is 2. The lowest BCUT2D eigenvalue weighted by Crippen LogP contribution is -2.27. The molecule has 0 saturated carbocycles. The number of anilines is 1. The SMILES string of the molecule is COc1cc(CNS(=O)(=O)C(C)c2ccc(C)c(C)c2)ccc1NC(=O)c1ccccc1. The maximum atomic E-state index is 12.8. The first-order valence-electron chi connectivity index (χ1n) is 10.3. The van der Waals surface area contributed by atoms with Crippen molar-refractivity contribution in [3.63, 3.8) is 0 Å². The molecule has 6 nitrogen and oxygen atoms in total. The largest absolute Gasteiger partial charge is 0.495 e. The molecule has 1 unspecified atom stereocenters. The summed E-state index contributed by atoms with van der Waals surface area (Å²) in [5.41, 5.74) is 4.69. The van der Waals surface area contributed by atoms with Crippen LogP contribution in [-0.4, -0.2) is 21.4 Å². The average Bonchev–Trinajstić information content (AvgIpc) is 2.80. The highest BCUT2D eigenvalue weighted by Crippen LogP contribution is 2.27. The lowest BCUT2D eigenvalue weighted by Gasteiger charge is -2.16. The van der Waals surface area contributed by atoms with Crippen LogP contribution in [0.4, 0.5) is 5.69 Å². The van der Waals surface area contributed by atoms with E-state index in [0.717, 1.165) is 22.3 Å². The highest BCUT2D eigenvalue weighted by Gasteiger charge is 2.22. The van der Waals surface area contributed by atoms with Crippen LogP contribution < -0.4 is 14.8 Å². The zero-order chi connectivity index (χ0) is 23.3. The van der Waals surface area contributed by atoms with E-state index in [0.29, 0.717) is 17.0 Å². The Morgan fingerprint density at radius 3 is 2.34 bits per heavy atom. The van der Waals surface area contributed by atoms with E-state index >= 15 is 0 Å². The quantitative estimate of drug-likeness (QED) is 0.517. The molecule has 0 aliphatic heterocycles. The minimum absolute atomic E-state index is 0.112. The van der Waals surface area contributed by atoms with Crippen molar-refractivity contribution < 1.29 is 17.9 Å². The van der Waals surface area contributed by atoms with E-state index in [1.165, 1.54) is 7.11 Å². The Kier molecular flexibility index (Phi) is 7.33. The van der Waals surface area contributed by atoms with Crippen molar-refractivity contribution in [3.8, 4) is 5.75 Å². The van der Waals surface area contributed by atoms with Gasteiger partial charge in [-0.15, -0.1) is 0 Å². The lowest BCUT2D eigenvalue weighted by atomic mass is 10.0. The number of amides is 1. The summed E-state index contributed by atoms with van der Waals surface area (Å²) in [6.07, 6.45) is 0. The van der Waals surface area contributed by atoms with Crippen molar-refractivity contribution in [3.05, 3.63) is 94.5 Å². The molecule has 0 aliphatic rings. The fourth-order valence-electron chi connectivity index (χ4n) is 3.24. The third kappa shape index (κ3) is 5.55. The second kappa shape index (κ2) is 9.97. The minimum Gasteiger partial charge on any atom is -0.495 e. The van der Waals surface area contributed by atoms with Crippen LogP contribution in [0, 0.1) is 13.8 Å². The van der Waals surface area contributed by atoms with Crippen LogP contribution in [0.15, 0.2) is 66.7 Å². The summed E-state index contributed by atoms with van der Waals surface area (Å²) in [5.74, 6) is 0.202. The predicted octanol–water partition coefficient (Wildman–Crippen LogP) is 4.74. The lowest BCUT2D eigenvalue weighted by molar-refractivity contribution is 0.102. The first kappa shape index (κ1) is 23.5. The number of sulfonamides is 1. The molecule has 0 spiro atoms. The molecule has 1 amide bonds. The van der Waals surface area contributed by atoms with Gasteiger partial charge in [0.1, 0.15) is 5.75 Å². The van der Waals surface area contributed by atoms with Gasteiger partial charge in [-0.25, -0.2) is 13.1 Å². The topological polar surface area (TPSA) is 84.5 Å². The molecule has 32 heavy (non-hydrogen) atoms. The number of carbonyl (C=O) groups is 1. The Labute approximate surface area is 189 Å². The van der Waals surface area contributed by atoms with Crippen LogP contribution in [0.2, 0.25) is 0 Å². The molecule has 2 N–H and O–H groups in total. The molecule has 0 fully saturated rings. The zero-order valence-corrected chi connectivity index (χ0v) is 19.5. The number of hydrogen-bond donors (Lipinski definition) is 2. The van der Waals surface area contributed by atoms with Gasteiger partial charge < -0.3 is 10.1 Å². The maximum Gasteiger partial charge on any atom is 0.255 e. The van der Waals surface area contributed by atoms with E-state index in [1.54, 1.807) is 49.4 Å². The monoisotopic (exact) mass is 452 g/mol. The molecule has 0 aromatic heterocycles. The summed E-state index contributed by atoms with van der Waals surface area (Å²) in [5, 5.41) is 2.14. The summed E-state index contributed by atoms with van der Waals surface area (Å²) in [6, 6.07) is 19.7. The van der Waals surface area contributed by atoms with Gasteiger partial charge in [-0.3, -0.25) is 4.79 Å². The summed E-state index contributed by atoms with van der Waals surface area (Å²) in [7, 11) is -2.08. The number of nitrogens with one attached hydrogen (secondary N) is 2. The summed E-state index contributed by atoms with van der Waals surface area (Å²) in [6.45, 7) is 5.75. The second-order valence-electron chi connectivity index (χ2n) is 7.71. The molecule has 3 aromatic carbocycles. The molecule has 3 rings (SSSR count). The Morgan fingerprint density at radius 2 is 1.69 bits per heavy atom. The van der Waals surface area contributed by atoms with Gasteiger partial charge in [-0.1, -0.05) is 42.5 Å². The summed E-state index contributed by atoms with van der Waals surface area (Å²) in [4.78, 5) is 12.4. The molecular formula is C25H28N2O4S. The number of ether oxygens (including phenoxy) is 1. The van der Waals surface area contributed by atoms with Crippen LogP contribution in [0.5, 0.6) is 5.75 Å². The third-order valence-corrected chi connectivity index (χ3v) is 7.24. The first-order valence-corrected chi connectivity index (χ1v) is 11.8. The fraction of sp³-hybridized carbons (Fsp3) is 0.240. The van der Waals surface area contributed by atoms with Gasteiger partial charge in [0.05, 0.1) is 18.0 Å². The number of methoxy groups -OCH3 is 1. The van der Waals surface area contributed by atoms with Gasteiger partial charge in [0, 0.05) is 12.1 Å². The molecule has 0 aliphatic carbocycles. The Hall–Kier alpha value is -3.16. The molecule has 0 saturated heterocycles. The Balaban J connectivity index is 1.70. The molecule has 1 atom stereocenters. The van der Waals surface area contributed by atoms with Crippen molar-refractivity contribution in [2.75, 3.05) is 12.4 Å². The molecular weight excluding hydrogens is 424 g/mol. The molecule has 0 radical (unpaired) electrons. The molecule has 3 aromatic rings. The van der Waals surface area contributed by atoms with E-state index in [9.17, 15) is 13.2 Å². The van der Waals surface area contributed by atoms with Crippen LogP contribution in [0.3, 0.4) is 0 Å². The number of benzene rings is 3. The predicted molar refractivity (Wildman–Crippen MR) is 127 cm³/mol. The van der Waals surface area contributed by atoms with Crippen LogP contribution in [0.1, 0.15) is 44.8 Å². The normalized spacial score (nSPS) is 12.2. The Morgan fingerprint density at radius 1 is 0.969 bits per heavy atom. The number of rotatable bonds is 8. The molecule has 0 heterocycles. The fourth-order valence-corrected chi connectivity index (χ4v) is 4.36. The van der Waals surface area contributed by atoms with Crippen molar-refractivity contribution >= 4 is 21.6 Å². The van der Waals surface area contributed by atoms with E-state index in [1.807, 2.05) is 38.1 Å². The zero-order valence-electron chi connectivity index (χ0n) is 18.7. The highest BCUT2D eigenvalue weighted by atomic mass is 32.2. The van der Waals surface area contributed by atoms with Crippen molar-refractivity contribution in [2.24, 2.45) is 0 Å².